The highest BCUT2D eigenvalue weighted by Gasteiger charge is 2.18. The number of halogens is 1. The third kappa shape index (κ3) is 2.94. The summed E-state index contributed by atoms with van der Waals surface area (Å²) in [5.41, 5.74) is 0.698. The number of rotatable bonds is 4. The molecule has 0 bridgehead atoms. The first-order valence-electron chi connectivity index (χ1n) is 4.28. The van der Waals surface area contributed by atoms with Gasteiger partial charge >= 0.3 is 5.97 Å². The number of phenols is 1. The SMILES string of the molecule is COC(Cc1cccc(O)c1Br)C(=O)O. The summed E-state index contributed by atoms with van der Waals surface area (Å²) in [6, 6.07) is 4.92. The van der Waals surface area contributed by atoms with Crippen molar-refractivity contribution in [2.75, 3.05) is 7.11 Å². The predicted octanol–water partition coefficient (Wildman–Crippen LogP) is 1.80. The van der Waals surface area contributed by atoms with Crippen molar-refractivity contribution in [2.45, 2.75) is 12.5 Å². The van der Waals surface area contributed by atoms with E-state index in [9.17, 15) is 9.90 Å². The highest BCUT2D eigenvalue weighted by Crippen LogP contribution is 2.28. The minimum absolute atomic E-state index is 0.0905. The summed E-state index contributed by atoms with van der Waals surface area (Å²) in [4.78, 5) is 10.7. The normalized spacial score (nSPS) is 12.4. The summed E-state index contributed by atoms with van der Waals surface area (Å²) < 4.78 is 5.32. The van der Waals surface area contributed by atoms with Crippen LogP contribution in [0.5, 0.6) is 5.75 Å². The van der Waals surface area contributed by atoms with Gasteiger partial charge in [-0.3, -0.25) is 0 Å². The number of aliphatic carboxylic acids is 1. The van der Waals surface area contributed by atoms with Crippen LogP contribution < -0.4 is 0 Å². The van der Waals surface area contributed by atoms with Gasteiger partial charge in [-0.05, 0) is 27.6 Å². The van der Waals surface area contributed by atoms with Crippen LogP contribution in [0.25, 0.3) is 0 Å². The van der Waals surface area contributed by atoms with E-state index in [4.69, 9.17) is 9.84 Å². The second kappa shape index (κ2) is 5.14. The lowest BCUT2D eigenvalue weighted by molar-refractivity contribution is -0.148. The predicted molar refractivity (Wildman–Crippen MR) is 57.9 cm³/mol. The molecule has 0 aliphatic heterocycles. The van der Waals surface area contributed by atoms with Crippen molar-refractivity contribution >= 4 is 21.9 Å². The molecule has 1 aromatic carbocycles. The molecule has 5 heteroatoms. The first-order valence-corrected chi connectivity index (χ1v) is 5.07. The average molecular weight is 275 g/mol. The van der Waals surface area contributed by atoms with Gasteiger partial charge in [-0.2, -0.15) is 0 Å². The Balaban J connectivity index is 2.88. The number of ether oxygens (including phenoxy) is 1. The van der Waals surface area contributed by atoms with Crippen LogP contribution >= 0.6 is 15.9 Å². The largest absolute Gasteiger partial charge is 0.507 e. The summed E-state index contributed by atoms with van der Waals surface area (Å²) in [6.45, 7) is 0. The zero-order chi connectivity index (χ0) is 11.4. The zero-order valence-corrected chi connectivity index (χ0v) is 9.69. The van der Waals surface area contributed by atoms with Gasteiger partial charge in [0.05, 0.1) is 4.47 Å². The van der Waals surface area contributed by atoms with E-state index in [0.717, 1.165) is 0 Å². The van der Waals surface area contributed by atoms with E-state index >= 15 is 0 Å². The molecule has 0 fully saturated rings. The molecular weight excluding hydrogens is 264 g/mol. The number of carbonyl (C=O) groups is 1. The fourth-order valence-corrected chi connectivity index (χ4v) is 1.62. The number of aromatic hydroxyl groups is 1. The number of hydrogen-bond acceptors (Lipinski definition) is 3. The first kappa shape index (κ1) is 12.0. The maximum Gasteiger partial charge on any atom is 0.333 e. The summed E-state index contributed by atoms with van der Waals surface area (Å²) in [6.07, 6.45) is -0.691. The quantitative estimate of drug-likeness (QED) is 0.879. The van der Waals surface area contributed by atoms with Crippen molar-refractivity contribution < 1.29 is 19.7 Å². The third-order valence-corrected chi connectivity index (χ3v) is 2.94. The van der Waals surface area contributed by atoms with Gasteiger partial charge in [0.2, 0.25) is 0 Å². The number of methoxy groups -OCH3 is 1. The first-order chi connectivity index (χ1) is 7.06. The Morgan fingerprint density at radius 2 is 2.27 bits per heavy atom. The maximum absolute atomic E-state index is 10.7. The van der Waals surface area contributed by atoms with E-state index in [1.807, 2.05) is 0 Å². The molecular formula is C10H11BrO4. The molecule has 0 saturated carbocycles. The average Bonchev–Trinajstić information content (AvgIpc) is 2.19. The zero-order valence-electron chi connectivity index (χ0n) is 8.11. The summed E-state index contributed by atoms with van der Waals surface area (Å²) >= 11 is 3.19. The molecule has 0 spiro atoms. The minimum Gasteiger partial charge on any atom is -0.507 e. The van der Waals surface area contributed by atoms with Gasteiger partial charge in [0.25, 0.3) is 0 Å². The van der Waals surface area contributed by atoms with Crippen molar-refractivity contribution in [3.05, 3.63) is 28.2 Å². The molecule has 0 radical (unpaired) electrons. The van der Waals surface area contributed by atoms with Crippen LogP contribution in [-0.4, -0.2) is 29.4 Å². The second-order valence-corrected chi connectivity index (χ2v) is 3.81. The third-order valence-electron chi connectivity index (χ3n) is 2.02. The van der Waals surface area contributed by atoms with E-state index in [0.29, 0.717) is 10.0 Å². The van der Waals surface area contributed by atoms with Gasteiger partial charge in [-0.1, -0.05) is 12.1 Å². The van der Waals surface area contributed by atoms with Crippen molar-refractivity contribution in [1.29, 1.82) is 0 Å². The van der Waals surface area contributed by atoms with Gasteiger partial charge in [0.15, 0.2) is 6.10 Å². The molecule has 2 N–H and O–H groups in total. The smallest absolute Gasteiger partial charge is 0.333 e. The molecule has 1 unspecified atom stereocenters. The molecule has 82 valence electrons. The Bertz CT molecular complexity index is 364. The highest BCUT2D eigenvalue weighted by atomic mass is 79.9. The Kier molecular flexibility index (Phi) is 4.11. The number of carboxylic acid groups (broad SMARTS) is 1. The standard InChI is InChI=1S/C10H11BrO4/c1-15-8(10(13)14)5-6-3-2-4-7(12)9(6)11/h2-4,8,12H,5H2,1H3,(H,13,14). The van der Waals surface area contributed by atoms with E-state index in [2.05, 4.69) is 15.9 Å². The van der Waals surface area contributed by atoms with Crippen molar-refractivity contribution in [3.63, 3.8) is 0 Å². The molecule has 0 saturated heterocycles. The van der Waals surface area contributed by atoms with Crippen LogP contribution in [0.2, 0.25) is 0 Å². The van der Waals surface area contributed by atoms with E-state index in [-0.39, 0.29) is 12.2 Å². The molecule has 1 atom stereocenters. The van der Waals surface area contributed by atoms with Crippen molar-refractivity contribution in [3.8, 4) is 5.75 Å². The summed E-state index contributed by atoms with van der Waals surface area (Å²) in [5, 5.41) is 18.2. The van der Waals surface area contributed by atoms with Crippen LogP contribution in [-0.2, 0) is 16.0 Å². The molecule has 4 nitrogen and oxygen atoms in total. The molecule has 1 rings (SSSR count). The van der Waals surface area contributed by atoms with Gasteiger partial charge < -0.3 is 14.9 Å². The molecule has 0 heterocycles. The van der Waals surface area contributed by atoms with E-state index in [1.165, 1.54) is 13.2 Å². The molecule has 15 heavy (non-hydrogen) atoms. The van der Waals surface area contributed by atoms with E-state index in [1.54, 1.807) is 12.1 Å². The minimum atomic E-state index is -1.02. The maximum atomic E-state index is 10.7. The lowest BCUT2D eigenvalue weighted by atomic mass is 10.1. The Labute approximate surface area is 95.6 Å². The Morgan fingerprint density at radius 1 is 1.60 bits per heavy atom. The monoisotopic (exact) mass is 274 g/mol. The van der Waals surface area contributed by atoms with Gasteiger partial charge in [-0.25, -0.2) is 4.79 Å². The lowest BCUT2D eigenvalue weighted by Gasteiger charge is -2.12. The number of hydrogen-bond donors (Lipinski definition) is 2. The van der Waals surface area contributed by atoms with Gasteiger partial charge in [-0.15, -0.1) is 0 Å². The van der Waals surface area contributed by atoms with Crippen LogP contribution in [0.15, 0.2) is 22.7 Å². The fraction of sp³-hybridized carbons (Fsp3) is 0.300. The van der Waals surface area contributed by atoms with Gasteiger partial charge in [0.1, 0.15) is 5.75 Å². The van der Waals surface area contributed by atoms with E-state index < -0.39 is 12.1 Å². The molecule has 0 aliphatic rings. The van der Waals surface area contributed by atoms with Gasteiger partial charge in [0, 0.05) is 13.5 Å². The van der Waals surface area contributed by atoms with Crippen LogP contribution in [0.3, 0.4) is 0 Å². The second-order valence-electron chi connectivity index (χ2n) is 3.02. The highest BCUT2D eigenvalue weighted by molar-refractivity contribution is 9.10. The summed E-state index contributed by atoms with van der Waals surface area (Å²) in [5.74, 6) is -0.930. The van der Waals surface area contributed by atoms with Crippen LogP contribution in [0, 0.1) is 0 Å². The van der Waals surface area contributed by atoms with Crippen LogP contribution in [0.4, 0.5) is 0 Å². The Morgan fingerprint density at radius 3 is 2.80 bits per heavy atom. The van der Waals surface area contributed by atoms with Crippen molar-refractivity contribution in [2.24, 2.45) is 0 Å². The fourth-order valence-electron chi connectivity index (χ4n) is 1.20. The summed E-state index contributed by atoms with van der Waals surface area (Å²) in [7, 11) is 1.34. The Hall–Kier alpha value is -1.07. The lowest BCUT2D eigenvalue weighted by Crippen LogP contribution is -2.24. The topological polar surface area (TPSA) is 66.8 Å². The molecule has 0 aliphatic carbocycles. The van der Waals surface area contributed by atoms with Crippen LogP contribution in [0.1, 0.15) is 5.56 Å². The van der Waals surface area contributed by atoms with Crippen molar-refractivity contribution in [1.82, 2.24) is 0 Å². The number of phenolic OH excluding ortho intramolecular Hbond substituents is 1. The number of benzene rings is 1. The molecule has 0 aromatic heterocycles. The molecule has 0 amide bonds. The number of carboxylic acids is 1. The molecule has 1 aromatic rings.